The lowest BCUT2D eigenvalue weighted by Gasteiger charge is -2.15. The Morgan fingerprint density at radius 3 is 2.58 bits per heavy atom. The van der Waals surface area contributed by atoms with E-state index >= 15 is 0 Å². The van der Waals surface area contributed by atoms with Crippen molar-refractivity contribution in [3.63, 3.8) is 0 Å². The van der Waals surface area contributed by atoms with Gasteiger partial charge < -0.3 is 14.8 Å². The molecule has 0 aliphatic carbocycles. The van der Waals surface area contributed by atoms with Crippen LogP contribution in [0.4, 0.5) is 10.5 Å². The number of hydrogen-bond acceptors (Lipinski definition) is 6. The molecule has 1 N–H and O–H groups in total. The number of amides is 3. The highest BCUT2D eigenvalue weighted by Gasteiger charge is 2.36. The number of hydrogen-bond donors (Lipinski definition) is 1. The maximum absolute atomic E-state index is 13.1. The summed E-state index contributed by atoms with van der Waals surface area (Å²) in [6.45, 7) is 3.55. The molecule has 1 saturated heterocycles. The minimum atomic E-state index is -0.564. The van der Waals surface area contributed by atoms with Crippen LogP contribution in [0.5, 0.6) is 11.5 Å². The highest BCUT2D eigenvalue weighted by molar-refractivity contribution is 8.18. The van der Waals surface area contributed by atoms with Gasteiger partial charge in [0.2, 0.25) is 5.91 Å². The number of para-hydroxylation sites is 1. The predicted molar refractivity (Wildman–Crippen MR) is 151 cm³/mol. The fourth-order valence-corrected chi connectivity index (χ4v) is 5.04. The van der Waals surface area contributed by atoms with Crippen LogP contribution in [-0.4, -0.2) is 35.6 Å². The number of rotatable bonds is 8. The highest BCUT2D eigenvalue weighted by Crippen LogP contribution is 2.38. The molecule has 4 rings (SSSR count). The molecule has 3 aromatic rings. The highest BCUT2D eigenvalue weighted by atomic mass is 35.5. The summed E-state index contributed by atoms with van der Waals surface area (Å²) >= 11 is 13.0. The largest absolute Gasteiger partial charge is 0.493 e. The quantitative estimate of drug-likeness (QED) is 0.297. The Hall–Kier alpha value is -3.46. The number of thioether (sulfide) groups is 1. The second-order valence-electron chi connectivity index (χ2n) is 8.47. The zero-order chi connectivity index (χ0) is 27.4. The SMILES string of the molecule is COc1cccc(/C=C2/SC(=O)N(CC(=O)Nc3cccc(C)c3C)C2=O)c1OCc1ccc(Cl)cc1Cl. The normalized spacial score (nSPS) is 14.2. The van der Waals surface area contributed by atoms with Crippen molar-refractivity contribution in [2.45, 2.75) is 20.5 Å². The molecule has 196 valence electrons. The molecule has 0 spiro atoms. The van der Waals surface area contributed by atoms with Gasteiger partial charge in [-0.25, -0.2) is 0 Å². The van der Waals surface area contributed by atoms with Crippen LogP contribution in [0.3, 0.4) is 0 Å². The first-order valence-corrected chi connectivity index (χ1v) is 13.1. The summed E-state index contributed by atoms with van der Waals surface area (Å²) in [6.07, 6.45) is 1.55. The number of ether oxygens (including phenoxy) is 2. The van der Waals surface area contributed by atoms with Crippen LogP contribution in [0.2, 0.25) is 10.0 Å². The minimum Gasteiger partial charge on any atom is -0.493 e. The summed E-state index contributed by atoms with van der Waals surface area (Å²) in [5, 5.41) is 3.21. The van der Waals surface area contributed by atoms with Crippen molar-refractivity contribution in [1.82, 2.24) is 4.90 Å². The molecule has 0 aromatic heterocycles. The molecule has 1 aliphatic heterocycles. The fraction of sp³-hybridized carbons (Fsp3) is 0.179. The van der Waals surface area contributed by atoms with E-state index in [0.717, 1.165) is 27.8 Å². The van der Waals surface area contributed by atoms with Crippen LogP contribution in [0.15, 0.2) is 59.5 Å². The topological polar surface area (TPSA) is 84.9 Å². The van der Waals surface area contributed by atoms with Gasteiger partial charge in [-0.3, -0.25) is 19.3 Å². The van der Waals surface area contributed by atoms with E-state index in [9.17, 15) is 14.4 Å². The minimum absolute atomic E-state index is 0.122. The zero-order valence-corrected chi connectivity index (χ0v) is 23.2. The van der Waals surface area contributed by atoms with Gasteiger partial charge in [-0.2, -0.15) is 0 Å². The van der Waals surface area contributed by atoms with E-state index < -0.39 is 23.6 Å². The number of aryl methyl sites for hydroxylation is 1. The lowest BCUT2D eigenvalue weighted by Crippen LogP contribution is -2.36. The first-order chi connectivity index (χ1) is 18.2. The van der Waals surface area contributed by atoms with E-state index in [0.29, 0.717) is 38.4 Å². The first-order valence-electron chi connectivity index (χ1n) is 11.5. The van der Waals surface area contributed by atoms with Gasteiger partial charge in [0.05, 0.1) is 12.0 Å². The number of nitrogens with one attached hydrogen (secondary N) is 1. The molecular weight excluding hydrogens is 547 g/mol. The molecular formula is C28H24Cl2N2O5S. The molecule has 0 unspecified atom stereocenters. The number of imide groups is 1. The van der Waals surface area contributed by atoms with E-state index in [-0.39, 0.29) is 11.5 Å². The van der Waals surface area contributed by atoms with Gasteiger partial charge in [-0.05, 0) is 67.1 Å². The van der Waals surface area contributed by atoms with Crippen LogP contribution < -0.4 is 14.8 Å². The van der Waals surface area contributed by atoms with Crippen molar-refractivity contribution >= 4 is 63.8 Å². The second kappa shape index (κ2) is 11.9. The van der Waals surface area contributed by atoms with E-state index in [1.54, 1.807) is 48.5 Å². The number of halogens is 2. The molecule has 0 bridgehead atoms. The van der Waals surface area contributed by atoms with Gasteiger partial charge in [-0.1, -0.05) is 53.5 Å². The third kappa shape index (κ3) is 6.15. The maximum atomic E-state index is 13.1. The van der Waals surface area contributed by atoms with Crippen molar-refractivity contribution < 1.29 is 23.9 Å². The molecule has 10 heteroatoms. The second-order valence-corrected chi connectivity index (χ2v) is 10.3. The number of anilines is 1. The lowest BCUT2D eigenvalue weighted by molar-refractivity contribution is -0.127. The van der Waals surface area contributed by atoms with Crippen LogP contribution >= 0.6 is 35.0 Å². The molecule has 1 heterocycles. The third-order valence-corrected chi connectivity index (χ3v) is 7.45. The lowest BCUT2D eigenvalue weighted by atomic mass is 10.1. The predicted octanol–water partition coefficient (Wildman–Crippen LogP) is 6.87. The number of benzene rings is 3. The Morgan fingerprint density at radius 1 is 1.08 bits per heavy atom. The maximum Gasteiger partial charge on any atom is 0.294 e. The van der Waals surface area contributed by atoms with E-state index in [1.807, 2.05) is 26.0 Å². The molecule has 0 saturated carbocycles. The number of nitrogens with zero attached hydrogens (tertiary/aromatic N) is 1. The van der Waals surface area contributed by atoms with Crippen molar-refractivity contribution in [3.8, 4) is 11.5 Å². The van der Waals surface area contributed by atoms with Crippen LogP contribution in [-0.2, 0) is 16.2 Å². The zero-order valence-electron chi connectivity index (χ0n) is 20.8. The molecule has 3 amide bonds. The number of carbonyl (C=O) groups is 3. The molecule has 1 aliphatic rings. The fourth-order valence-electron chi connectivity index (χ4n) is 3.75. The van der Waals surface area contributed by atoms with E-state index in [4.69, 9.17) is 32.7 Å². The average Bonchev–Trinajstić information content (AvgIpc) is 3.14. The summed E-state index contributed by atoms with van der Waals surface area (Å²) in [5.74, 6) is -0.213. The van der Waals surface area contributed by atoms with E-state index in [1.165, 1.54) is 7.11 Å². The van der Waals surface area contributed by atoms with Crippen molar-refractivity contribution in [2.75, 3.05) is 19.0 Å². The van der Waals surface area contributed by atoms with Gasteiger partial charge in [0, 0.05) is 26.9 Å². The first kappa shape index (κ1) is 27.6. The van der Waals surface area contributed by atoms with Crippen molar-refractivity contribution in [3.05, 3.63) is 91.8 Å². The van der Waals surface area contributed by atoms with Gasteiger partial charge in [0.1, 0.15) is 13.2 Å². The Labute approximate surface area is 234 Å². The molecule has 0 atom stereocenters. The summed E-state index contributed by atoms with van der Waals surface area (Å²) < 4.78 is 11.5. The molecule has 3 aromatic carbocycles. The Bertz CT molecular complexity index is 1460. The molecule has 1 fully saturated rings. The number of carbonyl (C=O) groups excluding carboxylic acids is 3. The van der Waals surface area contributed by atoms with Crippen LogP contribution in [0.25, 0.3) is 6.08 Å². The van der Waals surface area contributed by atoms with Crippen LogP contribution in [0.1, 0.15) is 22.3 Å². The molecule has 7 nitrogen and oxygen atoms in total. The van der Waals surface area contributed by atoms with Crippen molar-refractivity contribution in [2.24, 2.45) is 0 Å². The summed E-state index contributed by atoms with van der Waals surface area (Å²) in [7, 11) is 1.50. The smallest absolute Gasteiger partial charge is 0.294 e. The number of methoxy groups -OCH3 is 1. The summed E-state index contributed by atoms with van der Waals surface area (Å²) in [5.41, 5.74) is 3.81. The Balaban J connectivity index is 1.53. The van der Waals surface area contributed by atoms with Crippen LogP contribution in [0, 0.1) is 13.8 Å². The Morgan fingerprint density at radius 2 is 1.84 bits per heavy atom. The third-order valence-electron chi connectivity index (χ3n) is 5.96. The average molecular weight is 571 g/mol. The van der Waals surface area contributed by atoms with Crippen molar-refractivity contribution in [1.29, 1.82) is 0 Å². The standard InChI is InChI=1S/C28H24Cl2N2O5S/c1-16-6-4-8-22(17(16)2)31-25(33)14-32-27(34)24(38-28(32)35)12-18-7-5-9-23(36-3)26(18)37-15-19-10-11-20(29)13-21(19)30/h4-13H,14-15H2,1-3H3,(H,31,33)/b24-12+. The summed E-state index contributed by atoms with van der Waals surface area (Å²) in [4.78, 5) is 39.5. The van der Waals surface area contributed by atoms with Gasteiger partial charge in [-0.15, -0.1) is 0 Å². The Kier molecular flexibility index (Phi) is 8.66. The van der Waals surface area contributed by atoms with Gasteiger partial charge in [0.15, 0.2) is 11.5 Å². The van der Waals surface area contributed by atoms with E-state index in [2.05, 4.69) is 5.32 Å². The molecule has 38 heavy (non-hydrogen) atoms. The summed E-state index contributed by atoms with van der Waals surface area (Å²) in [6, 6.07) is 15.8. The van der Waals surface area contributed by atoms with Gasteiger partial charge >= 0.3 is 0 Å². The monoisotopic (exact) mass is 570 g/mol. The molecule has 0 radical (unpaired) electrons. The van der Waals surface area contributed by atoms with Gasteiger partial charge in [0.25, 0.3) is 11.1 Å².